The highest BCUT2D eigenvalue weighted by atomic mass is 16.5. The van der Waals surface area contributed by atoms with Crippen LogP contribution < -0.4 is 0 Å². The molecule has 1 N–H and O–H groups in total. The van der Waals surface area contributed by atoms with Crippen LogP contribution in [-0.2, 0) is 6.54 Å². The van der Waals surface area contributed by atoms with Gasteiger partial charge in [-0.25, -0.2) is 4.79 Å². The maximum atomic E-state index is 11.9. The Labute approximate surface area is 109 Å². The number of hydrogen-bond acceptors (Lipinski definition) is 4. The van der Waals surface area contributed by atoms with E-state index < -0.39 is 5.97 Å². The van der Waals surface area contributed by atoms with Crippen molar-refractivity contribution in [3.63, 3.8) is 0 Å². The lowest BCUT2D eigenvalue weighted by Crippen LogP contribution is -2.25. The van der Waals surface area contributed by atoms with E-state index in [1.807, 2.05) is 0 Å². The fraction of sp³-hybridized carbons (Fsp3) is 0.154. The number of rotatable bonds is 4. The molecule has 98 valence electrons. The quantitative estimate of drug-likeness (QED) is 0.903. The second-order valence-corrected chi connectivity index (χ2v) is 4.04. The van der Waals surface area contributed by atoms with E-state index in [0.717, 1.165) is 5.56 Å². The number of carboxylic acid groups (broad SMARTS) is 1. The van der Waals surface area contributed by atoms with E-state index in [4.69, 9.17) is 9.63 Å². The molecule has 1 heterocycles. The number of amides is 1. The molecule has 0 saturated heterocycles. The Balaban J connectivity index is 2.04. The predicted octanol–water partition coefficient (Wildman–Crippen LogP) is 1.65. The lowest BCUT2D eigenvalue weighted by atomic mass is 10.1. The number of nitrogens with zero attached hydrogens (tertiary/aromatic N) is 2. The molecule has 0 aliphatic rings. The van der Waals surface area contributed by atoms with Crippen LogP contribution in [0.1, 0.15) is 26.5 Å². The summed E-state index contributed by atoms with van der Waals surface area (Å²) in [5, 5.41) is 12.3. The molecule has 6 heteroatoms. The van der Waals surface area contributed by atoms with Crippen molar-refractivity contribution in [2.75, 3.05) is 7.05 Å². The highest BCUT2D eigenvalue weighted by molar-refractivity contribution is 5.91. The van der Waals surface area contributed by atoms with Crippen molar-refractivity contribution in [2.24, 2.45) is 0 Å². The largest absolute Gasteiger partial charge is 0.478 e. The number of aromatic carboxylic acids is 1. The first-order valence-electron chi connectivity index (χ1n) is 5.56. The van der Waals surface area contributed by atoms with Gasteiger partial charge < -0.3 is 14.5 Å². The predicted molar refractivity (Wildman–Crippen MR) is 65.7 cm³/mol. The van der Waals surface area contributed by atoms with Crippen LogP contribution in [0.25, 0.3) is 0 Å². The number of aromatic nitrogens is 1. The van der Waals surface area contributed by atoms with Crippen LogP contribution in [0.3, 0.4) is 0 Å². The van der Waals surface area contributed by atoms with Gasteiger partial charge in [0.05, 0.1) is 11.8 Å². The van der Waals surface area contributed by atoms with Gasteiger partial charge in [-0.2, -0.15) is 0 Å². The van der Waals surface area contributed by atoms with E-state index in [1.165, 1.54) is 29.3 Å². The zero-order chi connectivity index (χ0) is 13.8. The number of carbonyl (C=O) groups is 2. The standard InChI is InChI=1S/C13H12N2O4/c1-15(12(16)11-6-7-14-19-11)8-9-2-4-10(5-3-9)13(17)18/h2-7H,8H2,1H3,(H,17,18). The molecule has 1 aromatic carbocycles. The average molecular weight is 260 g/mol. The summed E-state index contributed by atoms with van der Waals surface area (Å²) in [5.41, 5.74) is 1.05. The van der Waals surface area contributed by atoms with Crippen LogP contribution in [0.5, 0.6) is 0 Å². The van der Waals surface area contributed by atoms with E-state index in [1.54, 1.807) is 19.2 Å². The summed E-state index contributed by atoms with van der Waals surface area (Å²) in [6.07, 6.45) is 1.41. The summed E-state index contributed by atoms with van der Waals surface area (Å²) < 4.78 is 4.79. The molecule has 0 fully saturated rings. The lowest BCUT2D eigenvalue weighted by Gasteiger charge is -2.15. The maximum absolute atomic E-state index is 11.9. The molecule has 0 atom stereocenters. The Morgan fingerprint density at radius 1 is 1.26 bits per heavy atom. The second kappa shape index (κ2) is 5.34. The summed E-state index contributed by atoms with van der Waals surface area (Å²) in [7, 11) is 1.63. The van der Waals surface area contributed by atoms with Crippen molar-refractivity contribution in [1.29, 1.82) is 0 Å². The molecule has 0 unspecified atom stereocenters. The molecule has 0 aliphatic heterocycles. The van der Waals surface area contributed by atoms with Crippen molar-refractivity contribution >= 4 is 11.9 Å². The van der Waals surface area contributed by atoms with Crippen molar-refractivity contribution in [3.8, 4) is 0 Å². The topological polar surface area (TPSA) is 83.6 Å². The molecule has 19 heavy (non-hydrogen) atoms. The van der Waals surface area contributed by atoms with Crippen LogP contribution in [0, 0.1) is 0 Å². The minimum atomic E-state index is -0.974. The van der Waals surface area contributed by atoms with E-state index in [9.17, 15) is 9.59 Å². The Hall–Kier alpha value is -2.63. The summed E-state index contributed by atoms with van der Waals surface area (Å²) in [6.45, 7) is 0.361. The third-order valence-corrected chi connectivity index (χ3v) is 2.62. The highest BCUT2D eigenvalue weighted by Gasteiger charge is 2.15. The fourth-order valence-corrected chi connectivity index (χ4v) is 1.61. The van der Waals surface area contributed by atoms with Crippen molar-refractivity contribution in [3.05, 3.63) is 53.4 Å². The molecule has 1 amide bonds. The first-order chi connectivity index (χ1) is 9.08. The summed E-state index contributed by atoms with van der Waals surface area (Å²) in [5.74, 6) is -1.08. The van der Waals surface area contributed by atoms with E-state index in [2.05, 4.69) is 5.16 Å². The Bertz CT molecular complexity index is 575. The van der Waals surface area contributed by atoms with E-state index >= 15 is 0 Å². The van der Waals surface area contributed by atoms with Gasteiger partial charge in [0.2, 0.25) is 5.76 Å². The zero-order valence-electron chi connectivity index (χ0n) is 10.2. The molecule has 0 spiro atoms. The maximum Gasteiger partial charge on any atom is 0.335 e. The zero-order valence-corrected chi connectivity index (χ0v) is 10.2. The molecule has 0 aliphatic carbocycles. The Morgan fingerprint density at radius 3 is 2.47 bits per heavy atom. The SMILES string of the molecule is CN(Cc1ccc(C(=O)O)cc1)C(=O)c1ccno1. The third kappa shape index (κ3) is 2.98. The van der Waals surface area contributed by atoms with Crippen molar-refractivity contribution in [2.45, 2.75) is 6.54 Å². The van der Waals surface area contributed by atoms with Gasteiger partial charge in [-0.1, -0.05) is 17.3 Å². The molecule has 2 rings (SSSR count). The first-order valence-corrected chi connectivity index (χ1v) is 5.56. The van der Waals surface area contributed by atoms with Gasteiger partial charge in [-0.15, -0.1) is 0 Å². The van der Waals surface area contributed by atoms with Crippen LogP contribution in [0.15, 0.2) is 41.1 Å². The molecule has 0 saturated carbocycles. The molecular formula is C13H12N2O4. The second-order valence-electron chi connectivity index (χ2n) is 4.04. The number of benzene rings is 1. The Kier molecular flexibility index (Phi) is 3.61. The normalized spacial score (nSPS) is 10.2. The van der Waals surface area contributed by atoms with Crippen LogP contribution in [-0.4, -0.2) is 34.1 Å². The molecule has 1 aromatic heterocycles. The number of carboxylic acids is 1. The van der Waals surface area contributed by atoms with Gasteiger partial charge >= 0.3 is 5.97 Å². The van der Waals surface area contributed by atoms with E-state index in [-0.39, 0.29) is 17.2 Å². The van der Waals surface area contributed by atoms with Gasteiger partial charge in [0.1, 0.15) is 0 Å². The van der Waals surface area contributed by atoms with Crippen LogP contribution in [0.2, 0.25) is 0 Å². The molecule has 2 aromatic rings. The van der Waals surface area contributed by atoms with Gasteiger partial charge in [0, 0.05) is 19.7 Å². The lowest BCUT2D eigenvalue weighted by molar-refractivity contribution is 0.0694. The highest BCUT2D eigenvalue weighted by Crippen LogP contribution is 2.09. The van der Waals surface area contributed by atoms with Crippen LogP contribution in [0.4, 0.5) is 0 Å². The van der Waals surface area contributed by atoms with Crippen molar-refractivity contribution in [1.82, 2.24) is 10.1 Å². The summed E-state index contributed by atoms with van der Waals surface area (Å²) in [4.78, 5) is 24.1. The number of hydrogen-bond donors (Lipinski definition) is 1. The molecule has 0 radical (unpaired) electrons. The minimum absolute atomic E-state index is 0.171. The number of carbonyl (C=O) groups excluding carboxylic acids is 1. The first kappa shape index (κ1) is 12.8. The third-order valence-electron chi connectivity index (χ3n) is 2.62. The molecule has 0 bridgehead atoms. The Morgan fingerprint density at radius 2 is 1.95 bits per heavy atom. The monoisotopic (exact) mass is 260 g/mol. The summed E-state index contributed by atoms with van der Waals surface area (Å²) >= 11 is 0. The van der Waals surface area contributed by atoms with E-state index in [0.29, 0.717) is 6.54 Å². The minimum Gasteiger partial charge on any atom is -0.478 e. The molecule has 6 nitrogen and oxygen atoms in total. The summed E-state index contributed by atoms with van der Waals surface area (Å²) in [6, 6.07) is 7.85. The smallest absolute Gasteiger partial charge is 0.335 e. The van der Waals surface area contributed by atoms with Gasteiger partial charge in [0.15, 0.2) is 0 Å². The fourth-order valence-electron chi connectivity index (χ4n) is 1.61. The van der Waals surface area contributed by atoms with Gasteiger partial charge in [0.25, 0.3) is 5.91 Å². The van der Waals surface area contributed by atoms with Crippen LogP contribution >= 0.6 is 0 Å². The van der Waals surface area contributed by atoms with Gasteiger partial charge in [-0.3, -0.25) is 4.79 Å². The average Bonchev–Trinajstić information content (AvgIpc) is 2.92. The molecular weight excluding hydrogens is 248 g/mol. The van der Waals surface area contributed by atoms with Crippen molar-refractivity contribution < 1.29 is 19.2 Å². The van der Waals surface area contributed by atoms with Gasteiger partial charge in [-0.05, 0) is 17.7 Å².